The second-order valence-electron chi connectivity index (χ2n) is 5.71. The minimum absolute atomic E-state index is 0. The number of halogens is 2. The Morgan fingerprint density at radius 1 is 1.00 bits per heavy atom. The minimum atomic E-state index is -1.53. The molecule has 0 aliphatic carbocycles. The van der Waals surface area contributed by atoms with Crippen molar-refractivity contribution in [1.82, 2.24) is 0 Å². The van der Waals surface area contributed by atoms with Crippen LogP contribution >= 0.6 is 7.26 Å². The van der Waals surface area contributed by atoms with Crippen molar-refractivity contribution in [1.29, 1.82) is 0 Å². The van der Waals surface area contributed by atoms with Gasteiger partial charge in [0.15, 0.2) is 11.9 Å². The lowest BCUT2D eigenvalue weighted by Gasteiger charge is -2.27. The fourth-order valence-electron chi connectivity index (χ4n) is 2.85. The van der Waals surface area contributed by atoms with Crippen molar-refractivity contribution < 1.29 is 26.3 Å². The molecule has 0 fully saturated rings. The van der Waals surface area contributed by atoms with Gasteiger partial charge in [-0.3, -0.25) is 0 Å². The first-order valence-electron chi connectivity index (χ1n) is 8.03. The van der Waals surface area contributed by atoms with Crippen molar-refractivity contribution in [3.05, 3.63) is 11.1 Å². The average molecular weight is 339 g/mol. The van der Waals surface area contributed by atoms with Crippen LogP contribution in [0.3, 0.4) is 0 Å². The highest BCUT2D eigenvalue weighted by Crippen LogP contribution is 2.69. The largest absolute Gasteiger partial charge is 1.00 e. The zero-order valence-electron chi connectivity index (χ0n) is 13.6. The summed E-state index contributed by atoms with van der Waals surface area (Å²) in [6.07, 6.45) is 10.0. The van der Waals surface area contributed by atoms with Gasteiger partial charge in [0.2, 0.25) is 5.83 Å². The Kier molecular flexibility index (Phi) is 10.5. The Balaban J connectivity index is 0.00000400. The first-order chi connectivity index (χ1) is 9.61. The number of carbonyl (C=O) groups is 1. The number of carbonyl (C=O) groups excluding carboxylic acids is 1. The van der Waals surface area contributed by atoms with Crippen LogP contribution in [0.15, 0.2) is 11.1 Å². The molecular weight excluding hydrogens is 310 g/mol. The van der Waals surface area contributed by atoms with Crippen molar-refractivity contribution >= 4 is 13.2 Å². The van der Waals surface area contributed by atoms with Crippen LogP contribution in [0.25, 0.3) is 0 Å². The highest BCUT2D eigenvalue weighted by Gasteiger charge is 2.47. The van der Waals surface area contributed by atoms with Gasteiger partial charge in [0.25, 0.3) is 0 Å². The maximum atomic E-state index is 14.2. The number of hydrogen-bond donors (Lipinski definition) is 0. The molecule has 0 amide bonds. The van der Waals surface area contributed by atoms with Crippen LogP contribution < -0.4 is 12.4 Å². The van der Waals surface area contributed by atoms with Gasteiger partial charge in [0, 0.05) is 7.26 Å². The molecule has 0 spiro atoms. The maximum absolute atomic E-state index is 14.2. The molecule has 2 nitrogen and oxygen atoms in total. The zero-order chi connectivity index (χ0) is 15.0. The molecule has 1 heterocycles. The van der Waals surface area contributed by atoms with E-state index in [1.165, 1.54) is 0 Å². The highest BCUT2D eigenvalue weighted by molar-refractivity contribution is 7.79. The molecule has 1 rings (SSSR count). The summed E-state index contributed by atoms with van der Waals surface area (Å²) < 4.78 is 19.2. The summed E-state index contributed by atoms with van der Waals surface area (Å²) in [6, 6.07) is 0. The van der Waals surface area contributed by atoms with Crippen molar-refractivity contribution in [3.8, 4) is 0 Å². The Bertz CT molecular complexity index is 336. The standard InChI is InChI=1S/C16H29FO2P.ClH/c1-4-7-10-20(11-8-5-2,12-9-6-3)14-13-19-16(18)15(14)17;/h4-13H2,1-3H3;1H/q+1;/p-1. The average Bonchev–Trinajstić information content (AvgIpc) is 2.79. The SMILES string of the molecule is CCCC[P+](CCCC)(CCCC)C1=C(F)C(=O)OC1.[Cl-]. The lowest BCUT2D eigenvalue weighted by atomic mass is 10.4. The molecular formula is C16H29ClFO2P. The quantitative estimate of drug-likeness (QED) is 0.450. The number of cyclic esters (lactones) is 1. The summed E-state index contributed by atoms with van der Waals surface area (Å²) in [5.74, 6) is -1.28. The smallest absolute Gasteiger partial charge is 0.371 e. The third-order valence-corrected chi connectivity index (χ3v) is 9.15. The predicted molar refractivity (Wildman–Crippen MR) is 85.3 cm³/mol. The van der Waals surface area contributed by atoms with Gasteiger partial charge < -0.3 is 17.1 Å². The van der Waals surface area contributed by atoms with Gasteiger partial charge in [0.05, 0.1) is 18.5 Å². The van der Waals surface area contributed by atoms with E-state index in [0.29, 0.717) is 0 Å². The molecule has 124 valence electrons. The first-order valence-corrected chi connectivity index (χ1v) is 10.4. The molecule has 0 saturated heterocycles. The van der Waals surface area contributed by atoms with Crippen LogP contribution in [0.5, 0.6) is 0 Å². The summed E-state index contributed by atoms with van der Waals surface area (Å²) in [7, 11) is -1.53. The molecule has 0 saturated carbocycles. The highest BCUT2D eigenvalue weighted by atomic mass is 35.5. The molecule has 21 heavy (non-hydrogen) atoms. The lowest BCUT2D eigenvalue weighted by molar-refractivity contribution is -0.137. The number of rotatable bonds is 10. The fraction of sp³-hybridized carbons (Fsp3) is 0.812. The summed E-state index contributed by atoms with van der Waals surface area (Å²) in [4.78, 5) is 11.4. The molecule has 0 unspecified atom stereocenters. The van der Waals surface area contributed by atoms with Crippen LogP contribution in [0, 0.1) is 0 Å². The molecule has 0 bridgehead atoms. The Morgan fingerprint density at radius 3 is 1.71 bits per heavy atom. The molecule has 0 radical (unpaired) electrons. The lowest BCUT2D eigenvalue weighted by Crippen LogP contribution is -3.00. The van der Waals surface area contributed by atoms with Crippen molar-refractivity contribution in [2.45, 2.75) is 59.3 Å². The number of esters is 1. The topological polar surface area (TPSA) is 26.3 Å². The number of unbranched alkanes of at least 4 members (excludes halogenated alkanes) is 3. The van der Waals surface area contributed by atoms with Crippen LogP contribution in [-0.2, 0) is 9.53 Å². The van der Waals surface area contributed by atoms with E-state index in [1.54, 1.807) is 0 Å². The van der Waals surface area contributed by atoms with Crippen molar-refractivity contribution in [3.63, 3.8) is 0 Å². The second kappa shape index (κ2) is 10.6. The van der Waals surface area contributed by atoms with Gasteiger partial charge in [-0.25, -0.2) is 4.79 Å². The molecule has 0 aromatic heterocycles. The molecule has 1 aliphatic heterocycles. The normalized spacial score (nSPS) is 15.1. The first kappa shape index (κ1) is 20.9. The van der Waals surface area contributed by atoms with Gasteiger partial charge >= 0.3 is 5.97 Å². The van der Waals surface area contributed by atoms with Crippen LogP contribution in [-0.4, -0.2) is 31.1 Å². The Morgan fingerprint density at radius 2 is 1.43 bits per heavy atom. The molecule has 1 aliphatic rings. The monoisotopic (exact) mass is 338 g/mol. The predicted octanol–water partition coefficient (Wildman–Crippen LogP) is 2.15. The summed E-state index contributed by atoms with van der Waals surface area (Å²) in [5.41, 5.74) is 0. The third kappa shape index (κ3) is 5.53. The third-order valence-electron chi connectivity index (χ3n) is 4.16. The van der Waals surface area contributed by atoms with E-state index in [-0.39, 0.29) is 19.0 Å². The van der Waals surface area contributed by atoms with Crippen molar-refractivity contribution in [2.75, 3.05) is 25.1 Å². The second-order valence-corrected chi connectivity index (χ2v) is 9.89. The van der Waals surface area contributed by atoms with Crippen LogP contribution in [0.2, 0.25) is 0 Å². The van der Waals surface area contributed by atoms with Gasteiger partial charge in [-0.2, -0.15) is 4.39 Å². The molecule has 0 aromatic carbocycles. The van der Waals surface area contributed by atoms with E-state index in [4.69, 9.17) is 4.74 Å². The number of ether oxygens (including phenoxy) is 1. The van der Waals surface area contributed by atoms with Gasteiger partial charge in [-0.15, -0.1) is 0 Å². The van der Waals surface area contributed by atoms with Gasteiger partial charge in [0.1, 0.15) is 0 Å². The molecule has 0 aromatic rings. The summed E-state index contributed by atoms with van der Waals surface area (Å²) >= 11 is 0. The van der Waals surface area contributed by atoms with E-state index in [2.05, 4.69) is 20.8 Å². The molecule has 0 atom stereocenters. The fourth-order valence-corrected chi connectivity index (χ4v) is 7.94. The van der Waals surface area contributed by atoms with Gasteiger partial charge in [-0.1, -0.05) is 40.0 Å². The Labute approximate surface area is 135 Å². The zero-order valence-corrected chi connectivity index (χ0v) is 15.2. The molecule has 0 N–H and O–H groups in total. The van der Waals surface area contributed by atoms with E-state index in [9.17, 15) is 9.18 Å². The maximum Gasteiger partial charge on any atom is 0.371 e. The van der Waals surface area contributed by atoms with Crippen LogP contribution in [0.1, 0.15) is 59.3 Å². The van der Waals surface area contributed by atoms with E-state index in [0.717, 1.165) is 62.3 Å². The van der Waals surface area contributed by atoms with Crippen LogP contribution in [0.4, 0.5) is 4.39 Å². The summed E-state index contributed by atoms with van der Waals surface area (Å²) in [6.45, 7) is 6.75. The Hall–Kier alpha value is -0.140. The molecule has 5 heteroatoms. The van der Waals surface area contributed by atoms with Crippen molar-refractivity contribution in [2.24, 2.45) is 0 Å². The number of hydrogen-bond acceptors (Lipinski definition) is 2. The minimum Gasteiger partial charge on any atom is -1.00 e. The van der Waals surface area contributed by atoms with E-state index < -0.39 is 19.1 Å². The van der Waals surface area contributed by atoms with E-state index in [1.807, 2.05) is 0 Å². The summed E-state index contributed by atoms with van der Waals surface area (Å²) in [5, 5.41) is 0.762. The van der Waals surface area contributed by atoms with E-state index >= 15 is 0 Å². The van der Waals surface area contributed by atoms with Gasteiger partial charge in [-0.05, 0) is 19.3 Å².